The molecule has 4 nitrogen and oxygen atoms in total. The van der Waals surface area contributed by atoms with Crippen molar-refractivity contribution in [3.8, 4) is 5.75 Å². The Morgan fingerprint density at radius 1 is 1.40 bits per heavy atom. The summed E-state index contributed by atoms with van der Waals surface area (Å²) >= 11 is 0. The zero-order valence-corrected chi connectivity index (χ0v) is 13.7. The van der Waals surface area contributed by atoms with Gasteiger partial charge < -0.3 is 14.7 Å². The van der Waals surface area contributed by atoms with Crippen molar-refractivity contribution in [1.82, 2.24) is 4.90 Å². The molecule has 0 aliphatic carbocycles. The highest BCUT2D eigenvalue weighted by molar-refractivity contribution is 5.85. The monoisotopic (exact) mass is 347 g/mol. The van der Waals surface area contributed by atoms with E-state index in [9.17, 15) is 9.90 Å². The number of benzene rings is 2. The van der Waals surface area contributed by atoms with Gasteiger partial charge in [0.25, 0.3) is 0 Å². The van der Waals surface area contributed by atoms with Crippen molar-refractivity contribution in [3.63, 3.8) is 0 Å². The lowest BCUT2D eigenvalue weighted by molar-refractivity contribution is -0.136. The van der Waals surface area contributed by atoms with Crippen LogP contribution in [0.1, 0.15) is 42.4 Å². The second kappa shape index (κ2) is 7.53. The minimum absolute atomic E-state index is 0.0304. The number of aliphatic carboxylic acids is 1. The molecule has 4 heteroatoms. The molecule has 2 aromatic rings. The van der Waals surface area contributed by atoms with Gasteiger partial charge in [0.15, 0.2) is 0 Å². The number of carboxylic acid groups (broad SMARTS) is 1. The Labute approximate surface area is 162 Å². The Morgan fingerprint density at radius 2 is 2.20 bits per heavy atom. The maximum Gasteiger partial charge on any atom is 0.307 e. The van der Waals surface area contributed by atoms with Gasteiger partial charge in [-0.1, -0.05) is 36.3 Å². The highest BCUT2D eigenvalue weighted by atomic mass is 16.5. The molecule has 3 rings (SSSR count). The van der Waals surface area contributed by atoms with Crippen LogP contribution in [0, 0.1) is 0 Å². The molecule has 0 bridgehead atoms. The van der Waals surface area contributed by atoms with Crippen LogP contribution in [0.3, 0.4) is 0 Å². The molecule has 0 fully saturated rings. The van der Waals surface area contributed by atoms with Gasteiger partial charge in [0.05, 0.1) is 14.6 Å². The van der Waals surface area contributed by atoms with Crippen molar-refractivity contribution in [1.29, 1.82) is 0 Å². The largest absolute Gasteiger partial charge is 0.488 e. The molecule has 0 amide bonds. The Hall–Kier alpha value is -2.59. The summed E-state index contributed by atoms with van der Waals surface area (Å²) in [5.41, 5.74) is -1.15. The molecule has 2 aromatic carbocycles. The van der Waals surface area contributed by atoms with E-state index in [0.717, 1.165) is 12.1 Å². The average molecular weight is 347 g/mol. The van der Waals surface area contributed by atoms with E-state index in [0.29, 0.717) is 0 Å². The highest BCUT2D eigenvalue weighted by Crippen LogP contribution is 2.37. The van der Waals surface area contributed by atoms with Gasteiger partial charge in [-0.2, -0.15) is 0 Å². The van der Waals surface area contributed by atoms with Crippen LogP contribution in [0.15, 0.2) is 48.4 Å². The van der Waals surface area contributed by atoms with Gasteiger partial charge in [0, 0.05) is 17.5 Å². The van der Waals surface area contributed by atoms with E-state index in [1.54, 1.807) is 0 Å². The second-order valence-electron chi connectivity index (χ2n) is 5.47. The first kappa shape index (κ1) is 8.68. The van der Waals surface area contributed by atoms with E-state index in [-0.39, 0.29) is 34.4 Å². The number of rotatable bonds is 5. The molecule has 0 radical (unpaired) electrons. The number of nitrogens with zero attached hydrogens (tertiary/aromatic N) is 1. The summed E-state index contributed by atoms with van der Waals surface area (Å²) in [6, 6.07) is 0.799. The number of ether oxygens (including phenoxy) is 1. The molecule has 0 saturated heterocycles. The zero-order valence-electron chi connectivity index (χ0n) is 23.7. The lowest BCUT2D eigenvalue weighted by Crippen LogP contribution is -2.12. The minimum atomic E-state index is -2.83. The molecule has 1 aliphatic rings. The number of hydrogen-bond donors (Lipinski definition) is 1. The fourth-order valence-corrected chi connectivity index (χ4v) is 2.40. The van der Waals surface area contributed by atoms with Crippen LogP contribution in [0.2, 0.25) is 0 Å². The molecule has 0 aromatic heterocycles. The molecule has 0 saturated carbocycles. The van der Waals surface area contributed by atoms with E-state index in [1.807, 2.05) is 0 Å². The van der Waals surface area contributed by atoms with Gasteiger partial charge in [-0.25, -0.2) is 0 Å². The van der Waals surface area contributed by atoms with Crippen molar-refractivity contribution < 1.29 is 28.3 Å². The molecule has 0 spiro atoms. The first-order valence-corrected chi connectivity index (χ1v) is 7.49. The molecule has 0 unspecified atom stereocenters. The summed E-state index contributed by atoms with van der Waals surface area (Å²) in [6.45, 7) is -4.65. The van der Waals surface area contributed by atoms with Gasteiger partial charge in [-0.15, -0.1) is 0 Å². The third-order valence-corrected chi connectivity index (χ3v) is 3.45. The number of fused-ring (bicyclic) bond motifs is 2. The van der Waals surface area contributed by atoms with Crippen LogP contribution >= 0.6 is 0 Å². The second-order valence-corrected chi connectivity index (χ2v) is 5.47. The summed E-state index contributed by atoms with van der Waals surface area (Å²) in [5, 5.41) is 9.34. The van der Waals surface area contributed by atoms with Crippen molar-refractivity contribution in [2.45, 2.75) is 19.4 Å². The molecule has 25 heavy (non-hydrogen) atoms. The van der Waals surface area contributed by atoms with Crippen LogP contribution in [0.25, 0.3) is 5.57 Å². The van der Waals surface area contributed by atoms with Crippen LogP contribution in [-0.2, 0) is 17.7 Å². The third-order valence-electron chi connectivity index (χ3n) is 3.45. The Balaban J connectivity index is 2.47. The molecule has 1 heterocycles. The predicted octanol–water partition coefficient (Wildman–Crippen LogP) is 3.59. The van der Waals surface area contributed by atoms with Gasteiger partial charge in [0.1, 0.15) is 12.3 Å². The number of carboxylic acids is 1. The minimum Gasteiger partial charge on any atom is -0.488 e. The van der Waals surface area contributed by atoms with Crippen molar-refractivity contribution in [3.05, 3.63) is 70.7 Å². The molecule has 1 N–H and O–H groups in total. The zero-order chi connectivity index (χ0) is 26.7. The Bertz CT molecular complexity index is 1240. The smallest absolute Gasteiger partial charge is 0.307 e. The van der Waals surface area contributed by atoms with Gasteiger partial charge in [-0.05, 0) is 54.9 Å². The fourth-order valence-electron chi connectivity index (χ4n) is 2.40. The molecule has 0 atom stereocenters. The van der Waals surface area contributed by atoms with Crippen molar-refractivity contribution >= 4 is 11.5 Å². The molecule has 1 aliphatic heterocycles. The summed E-state index contributed by atoms with van der Waals surface area (Å²) in [4.78, 5) is 12.8. The molecular formula is C21H23NO3. The lowest BCUT2D eigenvalue weighted by atomic mass is 9.92. The Morgan fingerprint density at radius 3 is 2.96 bits per heavy atom. The summed E-state index contributed by atoms with van der Waals surface area (Å²) in [7, 11) is 3.00. The Kier molecular flexibility index (Phi) is 2.61. The summed E-state index contributed by atoms with van der Waals surface area (Å²) in [5.74, 6) is -1.93. The first-order chi connectivity index (χ1) is 15.9. The maximum absolute atomic E-state index is 11.5. The van der Waals surface area contributed by atoms with E-state index in [4.69, 9.17) is 18.4 Å². The van der Waals surface area contributed by atoms with Crippen LogP contribution < -0.4 is 4.74 Å². The maximum atomic E-state index is 11.5. The predicted molar refractivity (Wildman–Crippen MR) is 98.8 cm³/mol. The highest BCUT2D eigenvalue weighted by Gasteiger charge is 2.19. The molecular weight excluding hydrogens is 314 g/mol. The summed E-state index contributed by atoms with van der Waals surface area (Å²) in [6.07, 6.45) is -1.80. The topological polar surface area (TPSA) is 49.8 Å². The standard InChI is InChI=1S/C21H23NO3/c1-22(2)11-5-8-18-17-7-4-3-6-16(17)14-25-20-10-9-15(12-19(18)20)13-21(23)24/h3-4,6-10,12H,5,11,13-14H2,1-2H3,(H,23,24)/b18-8-/i3D,4D,6D,7D,11D2,13D2,14D2. The van der Waals surface area contributed by atoms with Crippen LogP contribution in [-0.4, -0.2) is 36.6 Å². The quantitative estimate of drug-likeness (QED) is 0.898. The third kappa shape index (κ3) is 4.09. The first-order valence-electron chi connectivity index (χ1n) is 12.5. The van der Waals surface area contributed by atoms with E-state index < -0.39 is 55.1 Å². The SMILES string of the molecule is [2H]c1c([2H])c([2H])c2c(c1[2H])/C(=C/CC([2H])([2H])N(C)C)c1cc(C([2H])([2H])C(=O)O)ccc1OC2([2H])[2H]. The number of carbonyl (C=O) groups is 1. The van der Waals surface area contributed by atoms with E-state index in [2.05, 4.69) is 0 Å². The van der Waals surface area contributed by atoms with E-state index in [1.165, 1.54) is 31.1 Å². The summed E-state index contributed by atoms with van der Waals surface area (Å²) < 4.78 is 87.7. The molecule has 130 valence electrons. The average Bonchev–Trinajstić information content (AvgIpc) is 2.85. The van der Waals surface area contributed by atoms with Crippen LogP contribution in [0.5, 0.6) is 5.75 Å². The van der Waals surface area contributed by atoms with Crippen molar-refractivity contribution in [2.75, 3.05) is 20.6 Å². The normalized spacial score (nSPS) is 23.6. The fraction of sp³-hybridized carbons (Fsp3) is 0.286. The number of hydrogen-bond acceptors (Lipinski definition) is 3. The van der Waals surface area contributed by atoms with Gasteiger partial charge >= 0.3 is 5.97 Å². The van der Waals surface area contributed by atoms with Crippen molar-refractivity contribution in [2.24, 2.45) is 0 Å². The van der Waals surface area contributed by atoms with E-state index >= 15 is 0 Å². The van der Waals surface area contributed by atoms with Crippen LogP contribution in [0.4, 0.5) is 0 Å². The van der Waals surface area contributed by atoms with Gasteiger partial charge in [-0.3, -0.25) is 4.79 Å². The lowest BCUT2D eigenvalue weighted by Gasteiger charge is -2.13. The van der Waals surface area contributed by atoms with Gasteiger partial charge in [0.2, 0.25) is 0 Å².